The Balaban J connectivity index is 3.11. The highest BCUT2D eigenvalue weighted by Crippen LogP contribution is 2.20. The number of halogens is 1. The van der Waals surface area contributed by atoms with Gasteiger partial charge in [0.05, 0.1) is 31.7 Å². The average molecular weight is 308 g/mol. The smallest absolute Gasteiger partial charge is 0.282 e. The van der Waals surface area contributed by atoms with Gasteiger partial charge in [0.2, 0.25) is 0 Å². The number of aryl methyl sites for hydroxylation is 1. The van der Waals surface area contributed by atoms with Crippen molar-refractivity contribution in [1.29, 1.82) is 0 Å². The molecular weight excluding hydrogens is 294 g/mol. The molecule has 0 bridgehead atoms. The molecule has 8 heteroatoms. The number of rotatable bonds is 5. The van der Waals surface area contributed by atoms with Gasteiger partial charge >= 0.3 is 0 Å². The number of hydrogen-bond donors (Lipinski definition) is 4. The van der Waals surface area contributed by atoms with Crippen LogP contribution in [0.15, 0.2) is 15.5 Å². The molecule has 0 amide bonds. The van der Waals surface area contributed by atoms with Gasteiger partial charge < -0.3 is 20.6 Å². The Hall–Kier alpha value is -0.960. The third-order valence-corrected chi connectivity index (χ3v) is 3.15. The fourth-order valence-corrected chi connectivity index (χ4v) is 1.61. The minimum absolute atomic E-state index is 0.217. The van der Waals surface area contributed by atoms with Crippen LogP contribution >= 0.6 is 15.9 Å². The van der Waals surface area contributed by atoms with Crippen LogP contribution in [0.5, 0.6) is 0 Å². The first kappa shape index (κ1) is 14.1. The second-order valence-electron chi connectivity index (χ2n) is 3.68. The van der Waals surface area contributed by atoms with E-state index in [1.54, 1.807) is 0 Å². The normalized spacial score (nSPS) is 11.6. The van der Waals surface area contributed by atoms with Gasteiger partial charge in [-0.05, 0) is 15.9 Å². The molecule has 4 N–H and O–H groups in total. The van der Waals surface area contributed by atoms with Gasteiger partial charge in [-0.3, -0.25) is 4.79 Å². The van der Waals surface area contributed by atoms with Gasteiger partial charge in [0.1, 0.15) is 10.0 Å². The van der Waals surface area contributed by atoms with Crippen LogP contribution in [0, 0.1) is 0 Å². The summed E-state index contributed by atoms with van der Waals surface area (Å²) < 4.78 is 1.35. The Labute approximate surface area is 106 Å². The molecule has 1 heterocycles. The van der Waals surface area contributed by atoms with Crippen molar-refractivity contribution in [2.75, 3.05) is 25.1 Å². The van der Waals surface area contributed by atoms with E-state index in [2.05, 4.69) is 26.3 Å². The van der Waals surface area contributed by atoms with Gasteiger partial charge in [-0.15, -0.1) is 0 Å². The standard InChI is InChI=1S/C9H14BrN3O4/c1-13-8(17)7(10)6(2-11-13)12-9(3-14,4-15)5-16/h2,12,14-16H,3-5H2,1H3. The molecule has 0 fully saturated rings. The lowest BCUT2D eigenvalue weighted by Gasteiger charge is -2.30. The Morgan fingerprint density at radius 2 is 1.94 bits per heavy atom. The number of aromatic nitrogens is 2. The fraction of sp³-hybridized carbons (Fsp3) is 0.556. The van der Waals surface area contributed by atoms with E-state index in [1.807, 2.05) is 0 Å². The van der Waals surface area contributed by atoms with E-state index in [0.717, 1.165) is 4.68 Å². The highest BCUT2D eigenvalue weighted by atomic mass is 79.9. The first-order chi connectivity index (χ1) is 7.99. The van der Waals surface area contributed by atoms with Gasteiger partial charge in [0.15, 0.2) is 0 Å². The van der Waals surface area contributed by atoms with Crippen molar-refractivity contribution in [3.05, 3.63) is 21.0 Å². The SMILES string of the molecule is Cn1ncc(NC(CO)(CO)CO)c(Br)c1=O. The fourth-order valence-electron chi connectivity index (χ4n) is 1.15. The molecule has 0 spiro atoms. The van der Waals surface area contributed by atoms with Crippen LogP contribution in [0.25, 0.3) is 0 Å². The van der Waals surface area contributed by atoms with E-state index in [1.165, 1.54) is 13.2 Å². The molecule has 0 aliphatic heterocycles. The number of aliphatic hydroxyl groups is 3. The molecule has 17 heavy (non-hydrogen) atoms. The number of aliphatic hydroxyl groups excluding tert-OH is 3. The summed E-state index contributed by atoms with van der Waals surface area (Å²) in [6.07, 6.45) is 1.36. The van der Waals surface area contributed by atoms with Crippen molar-refractivity contribution in [3.63, 3.8) is 0 Å². The van der Waals surface area contributed by atoms with E-state index in [-0.39, 0.29) is 10.0 Å². The molecule has 1 aromatic heterocycles. The molecule has 0 aliphatic rings. The van der Waals surface area contributed by atoms with Crippen molar-refractivity contribution in [3.8, 4) is 0 Å². The summed E-state index contributed by atoms with van der Waals surface area (Å²) in [5.41, 5.74) is -1.36. The Kier molecular flexibility index (Phi) is 4.63. The lowest BCUT2D eigenvalue weighted by Crippen LogP contribution is -2.49. The third-order valence-electron chi connectivity index (χ3n) is 2.39. The largest absolute Gasteiger partial charge is 0.394 e. The summed E-state index contributed by atoms with van der Waals surface area (Å²) in [6, 6.07) is 0. The summed E-state index contributed by atoms with van der Waals surface area (Å²) in [5, 5.41) is 34.0. The van der Waals surface area contributed by atoms with Crippen molar-refractivity contribution in [1.82, 2.24) is 9.78 Å². The number of hydrogen-bond acceptors (Lipinski definition) is 6. The van der Waals surface area contributed by atoms with Gasteiger partial charge in [-0.2, -0.15) is 5.10 Å². The van der Waals surface area contributed by atoms with Gasteiger partial charge in [0.25, 0.3) is 5.56 Å². The molecule has 1 rings (SSSR count). The quantitative estimate of drug-likeness (QED) is 0.537. The lowest BCUT2D eigenvalue weighted by molar-refractivity contribution is 0.0833. The van der Waals surface area contributed by atoms with Crippen molar-refractivity contribution in [2.24, 2.45) is 7.05 Å². The minimum atomic E-state index is -1.30. The van der Waals surface area contributed by atoms with Crippen molar-refractivity contribution < 1.29 is 15.3 Å². The van der Waals surface area contributed by atoms with E-state index in [0.29, 0.717) is 5.69 Å². The average Bonchev–Trinajstić information content (AvgIpc) is 2.36. The van der Waals surface area contributed by atoms with Gasteiger partial charge in [-0.1, -0.05) is 0 Å². The molecule has 0 saturated carbocycles. The lowest BCUT2D eigenvalue weighted by atomic mass is 10.0. The third kappa shape index (κ3) is 2.83. The Morgan fingerprint density at radius 3 is 2.41 bits per heavy atom. The van der Waals surface area contributed by atoms with E-state index < -0.39 is 25.4 Å². The molecule has 7 nitrogen and oxygen atoms in total. The molecular formula is C9H14BrN3O4. The van der Waals surface area contributed by atoms with E-state index >= 15 is 0 Å². The highest BCUT2D eigenvalue weighted by molar-refractivity contribution is 9.10. The number of nitrogens with zero attached hydrogens (tertiary/aromatic N) is 2. The topological polar surface area (TPSA) is 108 Å². The summed E-state index contributed by atoms with van der Waals surface area (Å²) in [4.78, 5) is 11.6. The summed E-state index contributed by atoms with van der Waals surface area (Å²) in [5.74, 6) is 0. The maximum atomic E-state index is 11.6. The molecule has 0 radical (unpaired) electrons. The number of nitrogens with one attached hydrogen (secondary N) is 1. The predicted octanol–water partition coefficient (Wildman–Crippen LogP) is -1.33. The van der Waals surface area contributed by atoms with Crippen LogP contribution in [-0.4, -0.2) is 50.5 Å². The zero-order chi connectivity index (χ0) is 13.1. The first-order valence-corrected chi connectivity index (χ1v) is 5.61. The molecule has 0 aromatic carbocycles. The van der Waals surface area contributed by atoms with Gasteiger partial charge in [-0.25, -0.2) is 4.68 Å². The second-order valence-corrected chi connectivity index (χ2v) is 4.47. The van der Waals surface area contributed by atoms with Gasteiger partial charge in [0, 0.05) is 7.05 Å². The molecule has 0 atom stereocenters. The number of anilines is 1. The van der Waals surface area contributed by atoms with Crippen LogP contribution in [0.3, 0.4) is 0 Å². The van der Waals surface area contributed by atoms with Crippen LogP contribution < -0.4 is 10.9 Å². The molecule has 0 unspecified atom stereocenters. The second kappa shape index (κ2) is 5.58. The maximum Gasteiger partial charge on any atom is 0.282 e. The highest BCUT2D eigenvalue weighted by Gasteiger charge is 2.29. The Bertz CT molecular complexity index is 436. The van der Waals surface area contributed by atoms with Crippen LogP contribution in [-0.2, 0) is 7.05 Å². The summed E-state index contributed by atoms with van der Waals surface area (Å²) >= 11 is 3.09. The van der Waals surface area contributed by atoms with Crippen LogP contribution in [0.2, 0.25) is 0 Å². The van der Waals surface area contributed by atoms with E-state index in [4.69, 9.17) is 15.3 Å². The van der Waals surface area contributed by atoms with E-state index in [9.17, 15) is 4.79 Å². The summed E-state index contributed by atoms with van der Waals surface area (Å²) in [6.45, 7) is -1.45. The van der Waals surface area contributed by atoms with Crippen LogP contribution in [0.4, 0.5) is 5.69 Å². The summed E-state index contributed by atoms with van der Waals surface area (Å²) in [7, 11) is 1.49. The Morgan fingerprint density at radius 1 is 1.41 bits per heavy atom. The van der Waals surface area contributed by atoms with Crippen molar-refractivity contribution in [2.45, 2.75) is 5.54 Å². The first-order valence-electron chi connectivity index (χ1n) is 4.82. The molecule has 1 aromatic rings. The predicted molar refractivity (Wildman–Crippen MR) is 64.8 cm³/mol. The molecule has 96 valence electrons. The molecule has 0 aliphatic carbocycles. The van der Waals surface area contributed by atoms with Crippen LogP contribution in [0.1, 0.15) is 0 Å². The van der Waals surface area contributed by atoms with Crippen molar-refractivity contribution >= 4 is 21.6 Å². The zero-order valence-corrected chi connectivity index (χ0v) is 10.8. The minimum Gasteiger partial charge on any atom is -0.394 e. The monoisotopic (exact) mass is 307 g/mol. The zero-order valence-electron chi connectivity index (χ0n) is 9.22. The maximum absolute atomic E-state index is 11.6. The molecule has 0 saturated heterocycles.